The first-order valence-electron chi connectivity index (χ1n) is 5.85. The van der Waals surface area contributed by atoms with E-state index in [4.69, 9.17) is 0 Å². The predicted octanol–water partition coefficient (Wildman–Crippen LogP) is 3.34. The molecule has 17 heavy (non-hydrogen) atoms. The van der Waals surface area contributed by atoms with E-state index < -0.39 is 11.6 Å². The zero-order valence-corrected chi connectivity index (χ0v) is 10.7. The van der Waals surface area contributed by atoms with Crippen LogP contribution in [0.3, 0.4) is 0 Å². The second kappa shape index (κ2) is 5.36. The SMILES string of the molecule is CSC1(CNCc2ccc(F)cc2F)CCC1. The van der Waals surface area contributed by atoms with Gasteiger partial charge in [0, 0.05) is 29.5 Å². The lowest BCUT2D eigenvalue weighted by molar-refractivity contribution is 0.344. The van der Waals surface area contributed by atoms with Gasteiger partial charge in [-0.25, -0.2) is 8.78 Å². The molecule has 0 aromatic heterocycles. The Morgan fingerprint density at radius 1 is 1.35 bits per heavy atom. The molecule has 0 amide bonds. The fourth-order valence-corrected chi connectivity index (χ4v) is 3.06. The van der Waals surface area contributed by atoms with Crippen LogP contribution in [0.1, 0.15) is 24.8 Å². The molecule has 0 radical (unpaired) electrons. The van der Waals surface area contributed by atoms with Gasteiger partial charge < -0.3 is 5.32 Å². The highest BCUT2D eigenvalue weighted by Gasteiger charge is 2.35. The Labute approximate surface area is 105 Å². The van der Waals surface area contributed by atoms with Crippen molar-refractivity contribution in [2.75, 3.05) is 12.8 Å². The highest BCUT2D eigenvalue weighted by molar-refractivity contribution is 8.00. The van der Waals surface area contributed by atoms with E-state index in [0.29, 0.717) is 16.9 Å². The highest BCUT2D eigenvalue weighted by Crippen LogP contribution is 2.42. The van der Waals surface area contributed by atoms with Crippen molar-refractivity contribution in [3.8, 4) is 0 Å². The van der Waals surface area contributed by atoms with Crippen LogP contribution in [0.25, 0.3) is 0 Å². The lowest BCUT2D eigenvalue weighted by Crippen LogP contribution is -2.43. The number of rotatable bonds is 5. The summed E-state index contributed by atoms with van der Waals surface area (Å²) in [6, 6.07) is 3.74. The Bertz CT molecular complexity index is 385. The van der Waals surface area contributed by atoms with Gasteiger partial charge in [-0.2, -0.15) is 11.8 Å². The van der Waals surface area contributed by atoms with Crippen LogP contribution in [0, 0.1) is 11.6 Å². The molecule has 4 heteroatoms. The summed E-state index contributed by atoms with van der Waals surface area (Å²) in [7, 11) is 0. The third-order valence-corrected chi connectivity index (χ3v) is 4.89. The van der Waals surface area contributed by atoms with Crippen LogP contribution in [0.5, 0.6) is 0 Å². The number of halogens is 2. The third kappa shape index (κ3) is 2.99. The second-order valence-electron chi connectivity index (χ2n) is 4.58. The maximum atomic E-state index is 13.4. The van der Waals surface area contributed by atoms with Gasteiger partial charge in [-0.15, -0.1) is 0 Å². The van der Waals surface area contributed by atoms with Crippen molar-refractivity contribution >= 4 is 11.8 Å². The van der Waals surface area contributed by atoms with E-state index in [9.17, 15) is 8.78 Å². The molecule has 0 spiro atoms. The van der Waals surface area contributed by atoms with Crippen molar-refractivity contribution in [3.63, 3.8) is 0 Å². The molecule has 1 aromatic rings. The summed E-state index contributed by atoms with van der Waals surface area (Å²) < 4.78 is 26.4. The minimum absolute atomic E-state index is 0.344. The smallest absolute Gasteiger partial charge is 0.130 e. The second-order valence-corrected chi connectivity index (χ2v) is 5.85. The largest absolute Gasteiger partial charge is 0.311 e. The lowest BCUT2D eigenvalue weighted by atomic mass is 9.84. The first-order chi connectivity index (χ1) is 8.15. The quantitative estimate of drug-likeness (QED) is 0.868. The van der Waals surface area contributed by atoms with E-state index in [2.05, 4.69) is 11.6 Å². The molecule has 94 valence electrons. The Kier molecular flexibility index (Phi) is 4.05. The minimum Gasteiger partial charge on any atom is -0.311 e. The van der Waals surface area contributed by atoms with E-state index in [1.807, 2.05) is 11.8 Å². The van der Waals surface area contributed by atoms with Gasteiger partial charge in [0.1, 0.15) is 11.6 Å². The average Bonchev–Trinajstić information content (AvgIpc) is 2.25. The van der Waals surface area contributed by atoms with E-state index in [1.54, 1.807) is 0 Å². The molecule has 0 unspecified atom stereocenters. The summed E-state index contributed by atoms with van der Waals surface area (Å²) in [6.45, 7) is 1.36. The Morgan fingerprint density at radius 3 is 2.65 bits per heavy atom. The number of hydrogen-bond acceptors (Lipinski definition) is 2. The van der Waals surface area contributed by atoms with Crippen LogP contribution in [-0.2, 0) is 6.54 Å². The Balaban J connectivity index is 1.85. The summed E-state index contributed by atoms with van der Waals surface area (Å²) in [5.41, 5.74) is 0.530. The van der Waals surface area contributed by atoms with Crippen molar-refractivity contribution in [3.05, 3.63) is 35.4 Å². The summed E-state index contributed by atoms with van der Waals surface area (Å²) in [5, 5.41) is 3.27. The molecule has 0 bridgehead atoms. The Hall–Kier alpha value is -0.610. The number of nitrogens with one attached hydrogen (secondary N) is 1. The molecule has 1 N–H and O–H groups in total. The number of thioether (sulfide) groups is 1. The monoisotopic (exact) mass is 257 g/mol. The molecule has 2 rings (SSSR count). The fourth-order valence-electron chi connectivity index (χ4n) is 2.11. The van der Waals surface area contributed by atoms with E-state index in [0.717, 1.165) is 12.6 Å². The molecular formula is C13H17F2NS. The fraction of sp³-hybridized carbons (Fsp3) is 0.538. The minimum atomic E-state index is -0.522. The van der Waals surface area contributed by atoms with Crippen LogP contribution >= 0.6 is 11.8 Å². The van der Waals surface area contributed by atoms with E-state index in [-0.39, 0.29) is 0 Å². The van der Waals surface area contributed by atoms with Crippen LogP contribution < -0.4 is 5.32 Å². The zero-order chi connectivity index (χ0) is 12.3. The summed E-state index contributed by atoms with van der Waals surface area (Å²) in [5.74, 6) is -0.991. The highest BCUT2D eigenvalue weighted by atomic mass is 32.2. The molecular weight excluding hydrogens is 240 g/mol. The van der Waals surface area contributed by atoms with Crippen LogP contribution in [0.4, 0.5) is 8.78 Å². The maximum absolute atomic E-state index is 13.4. The molecule has 0 saturated heterocycles. The van der Waals surface area contributed by atoms with Crippen molar-refractivity contribution in [1.82, 2.24) is 5.32 Å². The summed E-state index contributed by atoms with van der Waals surface area (Å²) in [6.07, 6.45) is 5.87. The zero-order valence-electron chi connectivity index (χ0n) is 9.93. The van der Waals surface area contributed by atoms with E-state index >= 15 is 0 Å². The van der Waals surface area contributed by atoms with Gasteiger partial charge in [-0.1, -0.05) is 12.5 Å². The molecule has 0 heterocycles. The topological polar surface area (TPSA) is 12.0 Å². The van der Waals surface area contributed by atoms with Gasteiger partial charge in [0.2, 0.25) is 0 Å². The molecule has 1 aromatic carbocycles. The van der Waals surface area contributed by atoms with Gasteiger partial charge in [-0.3, -0.25) is 0 Å². The molecule has 0 aliphatic heterocycles. The van der Waals surface area contributed by atoms with Crippen molar-refractivity contribution in [2.24, 2.45) is 0 Å². The normalized spacial score (nSPS) is 17.8. The number of hydrogen-bond donors (Lipinski definition) is 1. The van der Waals surface area contributed by atoms with Crippen LogP contribution in [0.2, 0.25) is 0 Å². The standard InChI is InChI=1S/C13H17F2NS/c1-17-13(5-2-6-13)9-16-8-10-3-4-11(14)7-12(10)15/h3-4,7,16H,2,5-6,8-9H2,1H3. The van der Waals surface area contributed by atoms with Gasteiger partial charge in [0.05, 0.1) is 0 Å². The molecule has 0 atom stereocenters. The first-order valence-corrected chi connectivity index (χ1v) is 7.07. The van der Waals surface area contributed by atoms with E-state index in [1.165, 1.54) is 31.4 Å². The molecule has 1 saturated carbocycles. The Morgan fingerprint density at radius 2 is 2.12 bits per heavy atom. The third-order valence-electron chi connectivity index (χ3n) is 3.48. The van der Waals surface area contributed by atoms with Crippen LogP contribution in [0.15, 0.2) is 18.2 Å². The van der Waals surface area contributed by atoms with Crippen LogP contribution in [-0.4, -0.2) is 17.5 Å². The molecule has 1 aliphatic carbocycles. The van der Waals surface area contributed by atoms with Crippen molar-refractivity contribution in [2.45, 2.75) is 30.6 Å². The summed E-state index contributed by atoms with van der Waals surface area (Å²) in [4.78, 5) is 0. The van der Waals surface area contributed by atoms with Crippen molar-refractivity contribution < 1.29 is 8.78 Å². The van der Waals surface area contributed by atoms with Crippen molar-refractivity contribution in [1.29, 1.82) is 0 Å². The van der Waals surface area contributed by atoms with Gasteiger partial charge in [0.25, 0.3) is 0 Å². The maximum Gasteiger partial charge on any atom is 0.130 e. The summed E-state index contributed by atoms with van der Waals surface area (Å²) >= 11 is 1.88. The average molecular weight is 257 g/mol. The van der Waals surface area contributed by atoms with Gasteiger partial charge in [-0.05, 0) is 25.2 Å². The number of benzene rings is 1. The predicted molar refractivity (Wildman–Crippen MR) is 68.2 cm³/mol. The first kappa shape index (κ1) is 12.8. The molecule has 1 nitrogen and oxygen atoms in total. The van der Waals surface area contributed by atoms with Gasteiger partial charge >= 0.3 is 0 Å². The van der Waals surface area contributed by atoms with Gasteiger partial charge in [0.15, 0.2) is 0 Å². The molecule has 1 fully saturated rings. The lowest BCUT2D eigenvalue weighted by Gasteiger charge is -2.40. The molecule has 1 aliphatic rings.